The van der Waals surface area contributed by atoms with E-state index in [1.807, 2.05) is 17.6 Å². The summed E-state index contributed by atoms with van der Waals surface area (Å²) in [7, 11) is 0. The lowest BCUT2D eigenvalue weighted by Gasteiger charge is -2.09. The van der Waals surface area contributed by atoms with Crippen LogP contribution in [-0.2, 0) is 16.1 Å². The van der Waals surface area contributed by atoms with Crippen LogP contribution in [0.1, 0.15) is 38.1 Å². The summed E-state index contributed by atoms with van der Waals surface area (Å²) in [6, 6.07) is 8.32. The average Bonchev–Trinajstić information content (AvgIpc) is 3.43. The number of rotatable bonds is 6. The predicted octanol–water partition coefficient (Wildman–Crippen LogP) is 1.96. The fraction of sp³-hybridized carbons (Fsp3) is 0.211. The van der Waals surface area contributed by atoms with Crippen LogP contribution in [0, 0.1) is 13.8 Å². The van der Waals surface area contributed by atoms with E-state index < -0.39 is 24.4 Å². The molecule has 146 valence electrons. The van der Waals surface area contributed by atoms with Crippen molar-refractivity contribution in [1.82, 2.24) is 15.4 Å². The van der Waals surface area contributed by atoms with Gasteiger partial charge in [-0.15, -0.1) is 0 Å². The number of furan rings is 2. The number of aryl methyl sites for hydroxylation is 1. The van der Waals surface area contributed by atoms with Crippen LogP contribution >= 0.6 is 0 Å². The molecular formula is C19H19N3O6. The van der Waals surface area contributed by atoms with Crippen molar-refractivity contribution in [2.24, 2.45) is 0 Å². The Hall–Kier alpha value is -3.75. The molecule has 3 aromatic rings. The molecule has 3 aromatic heterocycles. The highest BCUT2D eigenvalue weighted by Gasteiger charge is 2.19. The zero-order chi connectivity index (χ0) is 20.1. The Morgan fingerprint density at radius 2 is 1.82 bits per heavy atom. The second-order valence-corrected chi connectivity index (χ2v) is 6.01. The van der Waals surface area contributed by atoms with Crippen LogP contribution in [0.15, 0.2) is 51.7 Å². The summed E-state index contributed by atoms with van der Waals surface area (Å²) in [6.07, 6.45) is 2.92. The molecule has 0 unspecified atom stereocenters. The van der Waals surface area contributed by atoms with E-state index in [1.165, 1.54) is 12.3 Å². The molecule has 0 spiro atoms. The molecule has 0 saturated heterocycles. The summed E-state index contributed by atoms with van der Waals surface area (Å²) in [4.78, 5) is 35.7. The van der Waals surface area contributed by atoms with Gasteiger partial charge in [-0.1, -0.05) is 0 Å². The number of ether oxygens (including phenoxy) is 1. The zero-order valence-electron chi connectivity index (χ0n) is 15.4. The first kappa shape index (κ1) is 19.0. The van der Waals surface area contributed by atoms with Gasteiger partial charge in [-0.05, 0) is 44.2 Å². The van der Waals surface area contributed by atoms with E-state index in [0.29, 0.717) is 17.8 Å². The predicted molar refractivity (Wildman–Crippen MR) is 96.3 cm³/mol. The van der Waals surface area contributed by atoms with E-state index in [9.17, 15) is 14.4 Å². The lowest BCUT2D eigenvalue weighted by Crippen LogP contribution is -2.43. The Kier molecular flexibility index (Phi) is 5.64. The second kappa shape index (κ2) is 8.30. The first-order valence-electron chi connectivity index (χ1n) is 8.44. The van der Waals surface area contributed by atoms with Crippen molar-refractivity contribution in [2.75, 3.05) is 6.61 Å². The Balaban J connectivity index is 1.53. The third-order valence-corrected chi connectivity index (χ3v) is 4.08. The molecule has 0 fully saturated rings. The normalized spacial score (nSPS) is 10.5. The van der Waals surface area contributed by atoms with Crippen molar-refractivity contribution >= 4 is 17.8 Å². The molecule has 0 saturated carbocycles. The van der Waals surface area contributed by atoms with Crippen molar-refractivity contribution in [3.63, 3.8) is 0 Å². The van der Waals surface area contributed by atoms with Crippen molar-refractivity contribution in [3.05, 3.63) is 71.3 Å². The van der Waals surface area contributed by atoms with Crippen LogP contribution in [0.5, 0.6) is 0 Å². The van der Waals surface area contributed by atoms with Crippen molar-refractivity contribution < 1.29 is 28.0 Å². The first-order chi connectivity index (χ1) is 13.5. The Morgan fingerprint density at radius 1 is 1.07 bits per heavy atom. The van der Waals surface area contributed by atoms with E-state index in [4.69, 9.17) is 13.6 Å². The molecule has 9 heteroatoms. The van der Waals surface area contributed by atoms with Gasteiger partial charge in [-0.2, -0.15) is 0 Å². The quantitative estimate of drug-likeness (QED) is 0.495. The molecule has 0 bridgehead atoms. The molecular weight excluding hydrogens is 366 g/mol. The molecule has 0 atom stereocenters. The van der Waals surface area contributed by atoms with Gasteiger partial charge in [0.05, 0.1) is 24.6 Å². The van der Waals surface area contributed by atoms with E-state index in [0.717, 1.165) is 11.5 Å². The summed E-state index contributed by atoms with van der Waals surface area (Å²) in [5.74, 6) is -1.13. The number of nitrogens with zero attached hydrogens (tertiary/aromatic N) is 1. The van der Waals surface area contributed by atoms with Crippen molar-refractivity contribution in [2.45, 2.75) is 20.4 Å². The molecule has 28 heavy (non-hydrogen) atoms. The maximum Gasteiger partial charge on any atom is 0.340 e. The summed E-state index contributed by atoms with van der Waals surface area (Å²) in [5.41, 5.74) is 6.22. The molecule has 3 heterocycles. The molecule has 0 aliphatic carbocycles. The molecule has 0 aliphatic heterocycles. The lowest BCUT2D eigenvalue weighted by molar-refractivity contribution is -0.125. The van der Waals surface area contributed by atoms with Gasteiger partial charge in [0.1, 0.15) is 5.76 Å². The molecule has 0 aromatic carbocycles. The molecule has 0 aliphatic rings. The van der Waals surface area contributed by atoms with Crippen molar-refractivity contribution in [3.8, 4) is 0 Å². The monoisotopic (exact) mass is 385 g/mol. The summed E-state index contributed by atoms with van der Waals surface area (Å²) < 4.78 is 17.2. The number of hydrogen-bond donors (Lipinski definition) is 2. The van der Waals surface area contributed by atoms with Crippen LogP contribution in [0.3, 0.4) is 0 Å². The number of amides is 2. The number of hydrogen-bond acceptors (Lipinski definition) is 6. The van der Waals surface area contributed by atoms with Gasteiger partial charge in [0.25, 0.3) is 5.91 Å². The van der Waals surface area contributed by atoms with Crippen molar-refractivity contribution in [1.29, 1.82) is 0 Å². The molecule has 0 radical (unpaired) electrons. The van der Waals surface area contributed by atoms with Gasteiger partial charge in [0, 0.05) is 11.4 Å². The number of carbonyl (C=O) groups excluding carboxylic acids is 3. The van der Waals surface area contributed by atoms with Gasteiger partial charge < -0.3 is 18.1 Å². The minimum Gasteiger partial charge on any atom is -0.467 e. The average molecular weight is 385 g/mol. The van der Waals surface area contributed by atoms with Gasteiger partial charge >= 0.3 is 11.9 Å². The highest BCUT2D eigenvalue weighted by atomic mass is 16.5. The Morgan fingerprint density at radius 3 is 2.50 bits per heavy atom. The Bertz CT molecular complexity index is 970. The summed E-state index contributed by atoms with van der Waals surface area (Å²) in [6.45, 7) is 3.59. The minimum atomic E-state index is -0.683. The third kappa shape index (κ3) is 4.32. The van der Waals surface area contributed by atoms with Gasteiger partial charge in [-0.3, -0.25) is 20.4 Å². The van der Waals surface area contributed by atoms with Gasteiger partial charge in [-0.25, -0.2) is 4.79 Å². The number of aromatic nitrogens is 1. The van der Waals surface area contributed by atoms with E-state index in [-0.39, 0.29) is 5.76 Å². The molecule has 2 N–H and O–H groups in total. The van der Waals surface area contributed by atoms with Crippen LogP contribution < -0.4 is 10.9 Å². The van der Waals surface area contributed by atoms with E-state index in [2.05, 4.69) is 10.9 Å². The van der Waals surface area contributed by atoms with Gasteiger partial charge in [0.2, 0.25) is 0 Å². The fourth-order valence-corrected chi connectivity index (χ4v) is 2.65. The molecule has 3 rings (SSSR count). The largest absolute Gasteiger partial charge is 0.467 e. The fourth-order valence-electron chi connectivity index (χ4n) is 2.65. The van der Waals surface area contributed by atoms with Crippen LogP contribution in [0.25, 0.3) is 0 Å². The zero-order valence-corrected chi connectivity index (χ0v) is 15.4. The van der Waals surface area contributed by atoms with Crippen LogP contribution in [0.2, 0.25) is 0 Å². The third-order valence-electron chi connectivity index (χ3n) is 4.08. The molecule has 2 amide bonds. The highest BCUT2D eigenvalue weighted by molar-refractivity contribution is 5.94. The highest BCUT2D eigenvalue weighted by Crippen LogP contribution is 2.18. The van der Waals surface area contributed by atoms with Gasteiger partial charge in [0.15, 0.2) is 12.4 Å². The Labute approximate surface area is 160 Å². The van der Waals surface area contributed by atoms with E-state index in [1.54, 1.807) is 31.4 Å². The summed E-state index contributed by atoms with van der Waals surface area (Å²) in [5, 5.41) is 0. The number of hydrazine groups is 1. The second-order valence-electron chi connectivity index (χ2n) is 6.01. The van der Waals surface area contributed by atoms with Crippen LogP contribution in [0.4, 0.5) is 0 Å². The SMILES string of the molecule is Cc1cc(C(=O)OCC(=O)NNC(=O)c2ccco2)c(C)n1Cc1ccco1. The van der Waals surface area contributed by atoms with Crippen LogP contribution in [-0.4, -0.2) is 29.0 Å². The number of esters is 1. The first-order valence-corrected chi connectivity index (χ1v) is 8.44. The number of nitrogens with one attached hydrogen (secondary N) is 2. The minimum absolute atomic E-state index is 0.0429. The number of carbonyl (C=O) groups is 3. The topological polar surface area (TPSA) is 116 Å². The summed E-state index contributed by atoms with van der Waals surface area (Å²) >= 11 is 0. The van der Waals surface area contributed by atoms with E-state index >= 15 is 0 Å². The maximum atomic E-state index is 12.3. The molecule has 9 nitrogen and oxygen atoms in total. The lowest BCUT2D eigenvalue weighted by atomic mass is 10.2. The maximum absolute atomic E-state index is 12.3. The smallest absolute Gasteiger partial charge is 0.340 e. The standard InChI is InChI=1S/C19H19N3O6/c1-12-9-15(13(2)22(12)10-14-5-3-7-26-14)19(25)28-11-17(23)20-21-18(24)16-6-4-8-27-16/h3-9H,10-11H2,1-2H3,(H,20,23)(H,21,24).